The maximum Gasteiger partial charge on any atom is 0.189 e. The molecule has 5 nitrogen and oxygen atoms in total. The molecule has 0 bridgehead atoms. The van der Waals surface area contributed by atoms with Crippen molar-refractivity contribution in [3.8, 4) is 0 Å². The van der Waals surface area contributed by atoms with Crippen molar-refractivity contribution in [1.29, 1.82) is 0 Å². The monoisotopic (exact) mass is 209 g/mol. The van der Waals surface area contributed by atoms with Gasteiger partial charge < -0.3 is 0 Å². The van der Waals surface area contributed by atoms with E-state index in [0.717, 1.165) is 10.1 Å². The van der Waals surface area contributed by atoms with Gasteiger partial charge in [0.1, 0.15) is 0 Å². The van der Waals surface area contributed by atoms with Crippen LogP contribution in [0.3, 0.4) is 0 Å². The van der Waals surface area contributed by atoms with Crippen LogP contribution < -0.4 is 10.1 Å². The maximum atomic E-state index is 9.61. The van der Waals surface area contributed by atoms with Crippen LogP contribution in [0.25, 0.3) is 0 Å². The van der Waals surface area contributed by atoms with Crippen LogP contribution in [-0.2, 0) is 12.4 Å². The lowest BCUT2D eigenvalue weighted by atomic mass is 10.2. The molecular weight excluding hydrogens is 202 g/mol. The molecule has 0 fully saturated rings. The predicted molar refractivity (Wildman–Crippen MR) is 52.8 cm³/mol. The van der Waals surface area contributed by atoms with E-state index in [4.69, 9.17) is 0 Å². The van der Waals surface area contributed by atoms with Gasteiger partial charge in [-0.3, -0.25) is 10.4 Å². The van der Waals surface area contributed by atoms with Gasteiger partial charge >= 0.3 is 0 Å². The third-order valence-electron chi connectivity index (χ3n) is 1.91. The second-order valence-corrected chi connectivity index (χ2v) is 2.91. The first-order valence-corrected chi connectivity index (χ1v) is 4.22. The van der Waals surface area contributed by atoms with E-state index in [-0.39, 0.29) is 5.82 Å². The highest BCUT2D eigenvalue weighted by Crippen LogP contribution is 2.33. The van der Waals surface area contributed by atoms with Crippen molar-refractivity contribution in [2.75, 3.05) is 10.1 Å². The number of hydrogen-bond acceptors (Lipinski definition) is 6. The van der Waals surface area contributed by atoms with Gasteiger partial charge in [0.05, 0.1) is 17.6 Å². The molecule has 0 aliphatic carbocycles. The fraction of sp³-hybridized carbons (Fsp3) is 0. The van der Waals surface area contributed by atoms with Crippen molar-refractivity contribution < 1.29 is 10.4 Å². The van der Waals surface area contributed by atoms with Gasteiger partial charge in [-0.2, -0.15) is 4.36 Å². The van der Waals surface area contributed by atoms with Crippen LogP contribution in [0.15, 0.2) is 40.6 Å². The zero-order chi connectivity index (χ0) is 10.1. The first-order chi connectivity index (χ1) is 6.74. The Morgan fingerprint density at radius 3 is 2.43 bits per heavy atom. The minimum absolute atomic E-state index is 0.0983. The SMILES string of the molecule is ON1C=C(N=S)N(O)c2ccccc21. The van der Waals surface area contributed by atoms with Gasteiger partial charge in [0.15, 0.2) is 5.82 Å². The number of nitrogens with zero attached hydrogens (tertiary/aromatic N) is 3. The normalized spacial score (nSPS) is 14.9. The fourth-order valence-corrected chi connectivity index (χ4v) is 1.38. The van der Waals surface area contributed by atoms with E-state index in [1.807, 2.05) is 0 Å². The lowest BCUT2D eigenvalue weighted by Gasteiger charge is -2.27. The highest BCUT2D eigenvalue weighted by Gasteiger charge is 2.21. The average Bonchev–Trinajstić information content (AvgIpc) is 2.23. The summed E-state index contributed by atoms with van der Waals surface area (Å²) in [5, 5.41) is 20.8. The summed E-state index contributed by atoms with van der Waals surface area (Å²) in [6.45, 7) is 0. The van der Waals surface area contributed by atoms with E-state index in [0.29, 0.717) is 11.4 Å². The summed E-state index contributed by atoms with van der Waals surface area (Å²) in [5.41, 5.74) is 0.901. The number of hydroxylamine groups is 2. The van der Waals surface area contributed by atoms with Crippen molar-refractivity contribution in [3.05, 3.63) is 36.3 Å². The summed E-state index contributed by atoms with van der Waals surface area (Å²) < 4.78 is 3.40. The zero-order valence-corrected chi connectivity index (χ0v) is 7.85. The maximum absolute atomic E-state index is 9.61. The van der Waals surface area contributed by atoms with E-state index in [2.05, 4.69) is 16.8 Å². The Hall–Kier alpha value is -1.50. The van der Waals surface area contributed by atoms with Crippen LogP contribution in [0, 0.1) is 0 Å². The van der Waals surface area contributed by atoms with Gasteiger partial charge in [-0.05, 0) is 12.1 Å². The summed E-state index contributed by atoms with van der Waals surface area (Å²) in [6, 6.07) is 6.79. The van der Waals surface area contributed by atoms with E-state index < -0.39 is 0 Å². The van der Waals surface area contributed by atoms with Gasteiger partial charge in [-0.1, -0.05) is 12.1 Å². The van der Waals surface area contributed by atoms with Crippen LogP contribution in [0.4, 0.5) is 11.4 Å². The smallest absolute Gasteiger partial charge is 0.189 e. The van der Waals surface area contributed by atoms with Gasteiger partial charge in [0.2, 0.25) is 0 Å². The Bertz CT molecular complexity index is 407. The van der Waals surface area contributed by atoms with E-state index in [9.17, 15) is 10.4 Å². The molecule has 2 N–H and O–H groups in total. The van der Waals surface area contributed by atoms with Crippen molar-refractivity contribution in [3.63, 3.8) is 0 Å². The largest absolute Gasteiger partial charge is 0.284 e. The molecule has 0 aromatic heterocycles. The lowest BCUT2D eigenvalue weighted by Crippen LogP contribution is -2.27. The summed E-state index contributed by atoms with van der Waals surface area (Å²) in [7, 11) is 0. The lowest BCUT2D eigenvalue weighted by molar-refractivity contribution is 0.257. The van der Waals surface area contributed by atoms with Crippen molar-refractivity contribution in [2.45, 2.75) is 0 Å². The molecule has 1 aromatic rings. The molecular formula is C8H7N3O2S. The second-order valence-electron chi connectivity index (χ2n) is 2.72. The molecule has 1 aliphatic rings. The van der Waals surface area contributed by atoms with Crippen LogP contribution in [0.1, 0.15) is 0 Å². The van der Waals surface area contributed by atoms with Gasteiger partial charge in [-0.15, -0.1) is 0 Å². The minimum Gasteiger partial charge on any atom is -0.284 e. The van der Waals surface area contributed by atoms with Crippen molar-refractivity contribution >= 4 is 23.8 Å². The molecule has 0 atom stereocenters. The Labute approximate surface area is 85.6 Å². The molecule has 72 valence electrons. The topological polar surface area (TPSA) is 59.3 Å². The predicted octanol–water partition coefficient (Wildman–Crippen LogP) is 1.62. The zero-order valence-electron chi connectivity index (χ0n) is 7.03. The molecule has 1 aliphatic heterocycles. The Balaban J connectivity index is 2.54. The second kappa shape index (κ2) is 3.33. The number of benzene rings is 1. The Morgan fingerprint density at radius 2 is 1.79 bits per heavy atom. The van der Waals surface area contributed by atoms with Crippen molar-refractivity contribution in [2.24, 2.45) is 4.36 Å². The molecule has 0 saturated heterocycles. The molecule has 2 rings (SSSR count). The highest BCUT2D eigenvalue weighted by molar-refractivity contribution is 7.47. The molecule has 14 heavy (non-hydrogen) atoms. The Kier molecular flexibility index (Phi) is 2.16. The summed E-state index contributed by atoms with van der Waals surface area (Å²) in [6.07, 6.45) is 1.23. The molecule has 1 aromatic carbocycles. The van der Waals surface area contributed by atoms with Gasteiger partial charge in [0, 0.05) is 12.4 Å². The van der Waals surface area contributed by atoms with Gasteiger partial charge in [0.25, 0.3) is 0 Å². The fourth-order valence-electron chi connectivity index (χ4n) is 1.26. The highest BCUT2D eigenvalue weighted by atomic mass is 32.1. The molecule has 0 radical (unpaired) electrons. The Morgan fingerprint density at radius 1 is 1.14 bits per heavy atom. The van der Waals surface area contributed by atoms with Crippen LogP contribution in [0.2, 0.25) is 0 Å². The number of fused-ring (bicyclic) bond motifs is 1. The molecule has 6 heteroatoms. The quantitative estimate of drug-likeness (QED) is 0.736. The third kappa shape index (κ3) is 1.25. The van der Waals surface area contributed by atoms with Crippen LogP contribution in [-0.4, -0.2) is 10.4 Å². The number of rotatable bonds is 1. The number of para-hydroxylation sites is 2. The number of anilines is 2. The van der Waals surface area contributed by atoms with Crippen LogP contribution in [0.5, 0.6) is 0 Å². The minimum atomic E-state index is 0.0983. The van der Waals surface area contributed by atoms with Crippen LogP contribution >= 0.6 is 0 Å². The number of hydrogen-bond donors (Lipinski definition) is 2. The van der Waals surface area contributed by atoms with E-state index >= 15 is 0 Å². The molecule has 0 spiro atoms. The molecule has 0 amide bonds. The van der Waals surface area contributed by atoms with E-state index in [1.54, 1.807) is 24.3 Å². The average molecular weight is 209 g/mol. The first-order valence-electron chi connectivity index (χ1n) is 3.85. The third-order valence-corrected chi connectivity index (χ3v) is 2.09. The molecule has 0 saturated carbocycles. The van der Waals surface area contributed by atoms with E-state index in [1.165, 1.54) is 6.20 Å². The van der Waals surface area contributed by atoms with Gasteiger partial charge in [-0.25, -0.2) is 10.1 Å². The van der Waals surface area contributed by atoms with Crippen molar-refractivity contribution in [1.82, 2.24) is 0 Å². The molecule has 0 unspecified atom stereocenters. The summed E-state index contributed by atoms with van der Waals surface area (Å²) in [4.78, 5) is 0. The molecule has 1 heterocycles. The first kappa shape index (κ1) is 9.07. The standard InChI is InChI=1S/C8H7N3O2S/c12-10-5-8(9-14)11(13)7-4-2-1-3-6(7)10/h1-5,12-13H. The summed E-state index contributed by atoms with van der Waals surface area (Å²) >= 11 is 4.45. The summed E-state index contributed by atoms with van der Waals surface area (Å²) in [5.74, 6) is 0.0983.